The van der Waals surface area contributed by atoms with E-state index < -0.39 is 0 Å². The number of halogens is 1. The van der Waals surface area contributed by atoms with Crippen LogP contribution in [0.5, 0.6) is 0 Å². The van der Waals surface area contributed by atoms with Crippen LogP contribution >= 0.6 is 12.4 Å². The normalized spacial score (nSPS) is 12.7. The molecule has 1 aliphatic heterocycles. The van der Waals surface area contributed by atoms with E-state index in [-0.39, 0.29) is 18.3 Å². The Kier molecular flexibility index (Phi) is 4.42. The van der Waals surface area contributed by atoms with E-state index in [4.69, 9.17) is 0 Å². The summed E-state index contributed by atoms with van der Waals surface area (Å²) in [5.41, 5.74) is 4.39. The van der Waals surface area contributed by atoms with Crippen LogP contribution in [0.25, 0.3) is 0 Å². The molecular weight excluding hydrogens is 276 g/mol. The van der Waals surface area contributed by atoms with E-state index >= 15 is 0 Å². The maximum Gasteiger partial charge on any atom is 0.254 e. The molecule has 106 valence electrons. The standard InChI is InChI=1S/C14H16N4O.ClH/c1-18-9-13(8-17-18)14(19)16-5-10-2-3-11-6-15-7-12(11)4-10;/h2-4,8-9,15H,5-7H2,1H3,(H,16,19);1H. The van der Waals surface area contributed by atoms with E-state index in [2.05, 4.69) is 33.9 Å². The number of amides is 1. The average molecular weight is 293 g/mol. The highest BCUT2D eigenvalue weighted by Crippen LogP contribution is 2.16. The minimum absolute atomic E-state index is 0. The quantitative estimate of drug-likeness (QED) is 0.898. The predicted octanol–water partition coefficient (Wildman–Crippen LogP) is 1.38. The molecule has 0 unspecified atom stereocenters. The minimum atomic E-state index is -0.0910. The topological polar surface area (TPSA) is 59.0 Å². The molecule has 0 saturated carbocycles. The average Bonchev–Trinajstić information content (AvgIpc) is 3.03. The lowest BCUT2D eigenvalue weighted by Crippen LogP contribution is -2.22. The van der Waals surface area contributed by atoms with E-state index in [0.717, 1.165) is 18.7 Å². The second-order valence-electron chi connectivity index (χ2n) is 4.79. The highest BCUT2D eigenvalue weighted by Gasteiger charge is 2.11. The van der Waals surface area contributed by atoms with Crippen LogP contribution in [0.15, 0.2) is 30.6 Å². The molecule has 2 N–H and O–H groups in total. The van der Waals surface area contributed by atoms with Gasteiger partial charge < -0.3 is 10.6 Å². The van der Waals surface area contributed by atoms with E-state index in [9.17, 15) is 4.79 Å². The number of nitrogens with one attached hydrogen (secondary N) is 2. The monoisotopic (exact) mass is 292 g/mol. The van der Waals surface area contributed by atoms with Crippen molar-refractivity contribution < 1.29 is 4.79 Å². The van der Waals surface area contributed by atoms with Crippen LogP contribution in [0.1, 0.15) is 27.0 Å². The second-order valence-corrected chi connectivity index (χ2v) is 4.79. The zero-order chi connectivity index (χ0) is 13.2. The summed E-state index contributed by atoms with van der Waals surface area (Å²) >= 11 is 0. The van der Waals surface area contributed by atoms with E-state index in [1.807, 2.05) is 0 Å². The van der Waals surface area contributed by atoms with Crippen molar-refractivity contribution >= 4 is 18.3 Å². The third-order valence-electron chi connectivity index (χ3n) is 3.32. The lowest BCUT2D eigenvalue weighted by molar-refractivity contribution is 0.0951. The van der Waals surface area contributed by atoms with Gasteiger partial charge in [-0.25, -0.2) is 0 Å². The Hall–Kier alpha value is -1.85. The first-order valence-electron chi connectivity index (χ1n) is 6.30. The van der Waals surface area contributed by atoms with Gasteiger partial charge in [0, 0.05) is 32.9 Å². The number of hydrogen-bond acceptors (Lipinski definition) is 3. The maximum atomic E-state index is 11.9. The molecule has 0 radical (unpaired) electrons. The first-order chi connectivity index (χ1) is 9.22. The Morgan fingerprint density at radius 1 is 1.40 bits per heavy atom. The maximum absolute atomic E-state index is 11.9. The van der Waals surface area contributed by atoms with E-state index in [1.165, 1.54) is 11.1 Å². The van der Waals surface area contributed by atoms with Crippen LogP contribution in [-0.4, -0.2) is 15.7 Å². The summed E-state index contributed by atoms with van der Waals surface area (Å²) in [4.78, 5) is 11.9. The highest BCUT2D eigenvalue weighted by atomic mass is 35.5. The molecule has 1 amide bonds. The molecule has 1 aromatic heterocycles. The molecule has 1 aliphatic rings. The molecule has 1 aromatic carbocycles. The summed E-state index contributed by atoms with van der Waals surface area (Å²) in [5, 5.41) is 10.2. The van der Waals surface area contributed by atoms with Crippen LogP contribution in [0, 0.1) is 0 Å². The lowest BCUT2D eigenvalue weighted by atomic mass is 10.1. The number of aromatic nitrogens is 2. The lowest BCUT2D eigenvalue weighted by Gasteiger charge is -2.06. The molecule has 20 heavy (non-hydrogen) atoms. The number of carbonyl (C=O) groups excluding carboxylic acids is 1. The van der Waals surface area contributed by atoms with Crippen molar-refractivity contribution in [1.29, 1.82) is 0 Å². The zero-order valence-corrected chi connectivity index (χ0v) is 12.0. The molecule has 2 aromatic rings. The Labute approximate surface area is 123 Å². The molecule has 0 aliphatic carbocycles. The molecule has 2 heterocycles. The number of aryl methyl sites for hydroxylation is 1. The number of benzene rings is 1. The molecule has 0 atom stereocenters. The smallest absolute Gasteiger partial charge is 0.254 e. The van der Waals surface area contributed by atoms with Crippen molar-refractivity contribution in [1.82, 2.24) is 20.4 Å². The van der Waals surface area contributed by atoms with Crippen LogP contribution in [0.4, 0.5) is 0 Å². The molecule has 3 rings (SSSR count). The fourth-order valence-electron chi connectivity index (χ4n) is 2.28. The first-order valence-corrected chi connectivity index (χ1v) is 6.30. The second kappa shape index (κ2) is 6.07. The fraction of sp³-hybridized carbons (Fsp3) is 0.286. The first kappa shape index (κ1) is 14.6. The number of carbonyl (C=O) groups is 1. The van der Waals surface area contributed by atoms with Gasteiger partial charge in [-0.1, -0.05) is 18.2 Å². The van der Waals surface area contributed by atoms with Crippen LogP contribution in [0.3, 0.4) is 0 Å². The van der Waals surface area contributed by atoms with Crippen molar-refractivity contribution in [3.63, 3.8) is 0 Å². The van der Waals surface area contributed by atoms with Crippen LogP contribution in [0.2, 0.25) is 0 Å². The van der Waals surface area contributed by atoms with Crippen molar-refractivity contribution in [2.75, 3.05) is 0 Å². The van der Waals surface area contributed by atoms with Gasteiger partial charge in [0.25, 0.3) is 5.91 Å². The van der Waals surface area contributed by atoms with Crippen LogP contribution < -0.4 is 10.6 Å². The summed E-state index contributed by atoms with van der Waals surface area (Å²) in [6.07, 6.45) is 3.28. The number of rotatable bonds is 3. The van der Waals surface area contributed by atoms with Gasteiger partial charge in [-0.05, 0) is 16.7 Å². The summed E-state index contributed by atoms with van der Waals surface area (Å²) in [6.45, 7) is 2.40. The Bertz CT molecular complexity index is 623. The van der Waals surface area contributed by atoms with Gasteiger partial charge in [0.2, 0.25) is 0 Å². The highest BCUT2D eigenvalue weighted by molar-refractivity contribution is 5.93. The summed E-state index contributed by atoms with van der Waals surface area (Å²) in [7, 11) is 1.80. The number of nitrogens with zero attached hydrogens (tertiary/aromatic N) is 2. The molecule has 0 saturated heterocycles. The molecule has 6 heteroatoms. The van der Waals surface area contributed by atoms with Crippen molar-refractivity contribution in [2.45, 2.75) is 19.6 Å². The molecule has 0 fully saturated rings. The predicted molar refractivity (Wildman–Crippen MR) is 78.6 cm³/mol. The number of fused-ring (bicyclic) bond motifs is 1. The van der Waals surface area contributed by atoms with Gasteiger partial charge in [-0.15, -0.1) is 12.4 Å². The molecule has 0 bridgehead atoms. The minimum Gasteiger partial charge on any atom is -0.348 e. The molecular formula is C14H17ClN4O. The SMILES string of the molecule is Cl.Cn1cc(C(=O)NCc2ccc3c(c2)CNC3)cn1. The molecule has 0 spiro atoms. The Morgan fingerprint density at radius 3 is 2.95 bits per heavy atom. The van der Waals surface area contributed by atoms with Gasteiger partial charge >= 0.3 is 0 Å². The van der Waals surface area contributed by atoms with E-state index in [0.29, 0.717) is 12.1 Å². The van der Waals surface area contributed by atoms with Crippen LogP contribution in [-0.2, 0) is 26.7 Å². The zero-order valence-electron chi connectivity index (χ0n) is 11.2. The van der Waals surface area contributed by atoms with Gasteiger partial charge in [-0.3, -0.25) is 9.48 Å². The van der Waals surface area contributed by atoms with Crippen molar-refractivity contribution in [3.05, 3.63) is 52.8 Å². The third kappa shape index (κ3) is 3.00. The fourth-order valence-corrected chi connectivity index (χ4v) is 2.28. The van der Waals surface area contributed by atoms with Gasteiger partial charge in [-0.2, -0.15) is 5.10 Å². The van der Waals surface area contributed by atoms with Gasteiger partial charge in [0.05, 0.1) is 11.8 Å². The summed E-state index contributed by atoms with van der Waals surface area (Å²) < 4.78 is 1.62. The summed E-state index contributed by atoms with van der Waals surface area (Å²) in [5.74, 6) is -0.0910. The van der Waals surface area contributed by atoms with Crippen molar-refractivity contribution in [2.24, 2.45) is 7.05 Å². The largest absolute Gasteiger partial charge is 0.348 e. The van der Waals surface area contributed by atoms with Gasteiger partial charge in [0.15, 0.2) is 0 Å². The van der Waals surface area contributed by atoms with Gasteiger partial charge in [0.1, 0.15) is 0 Å². The third-order valence-corrected chi connectivity index (χ3v) is 3.32. The Balaban J connectivity index is 0.00000147. The number of hydrogen-bond donors (Lipinski definition) is 2. The Morgan fingerprint density at radius 2 is 2.20 bits per heavy atom. The van der Waals surface area contributed by atoms with Crippen molar-refractivity contribution in [3.8, 4) is 0 Å². The summed E-state index contributed by atoms with van der Waals surface area (Å²) in [6, 6.07) is 6.34. The molecule has 5 nitrogen and oxygen atoms in total. The van der Waals surface area contributed by atoms with E-state index in [1.54, 1.807) is 24.1 Å².